The van der Waals surface area contributed by atoms with Crippen molar-refractivity contribution in [2.24, 2.45) is 0 Å². The zero-order valence-electron chi connectivity index (χ0n) is 14.9. The summed E-state index contributed by atoms with van der Waals surface area (Å²) in [5.41, 5.74) is 4.57. The summed E-state index contributed by atoms with van der Waals surface area (Å²) in [7, 11) is 0. The third-order valence-corrected chi connectivity index (χ3v) is 5.33. The Morgan fingerprint density at radius 3 is 2.92 bits per heavy atom. The maximum absolute atomic E-state index is 12.5. The van der Waals surface area contributed by atoms with Crippen molar-refractivity contribution in [2.75, 3.05) is 16.8 Å². The number of carbonyl (C=O) groups excluding carboxylic acids is 2. The van der Waals surface area contributed by atoms with Crippen molar-refractivity contribution in [2.45, 2.75) is 38.8 Å². The number of anilines is 2. The standard InChI is InChI=1S/C21H23N3O2/c1-14-6-2-3-7-16(14)13-22-20(25)15-9-10-18-17(12-15)23-21(26)19-8-4-5-11-24(18)19/h2-3,6-7,9-10,12,19H,4-5,8,11,13H2,1H3,(H,22,25)(H,23,26). The molecule has 2 aliphatic heterocycles. The van der Waals surface area contributed by atoms with Gasteiger partial charge in [-0.1, -0.05) is 24.3 Å². The van der Waals surface area contributed by atoms with E-state index in [0.29, 0.717) is 12.1 Å². The second-order valence-electron chi connectivity index (χ2n) is 7.04. The van der Waals surface area contributed by atoms with Crippen LogP contribution in [-0.2, 0) is 11.3 Å². The molecule has 0 aliphatic carbocycles. The second-order valence-corrected chi connectivity index (χ2v) is 7.04. The first kappa shape index (κ1) is 16.6. The fourth-order valence-electron chi connectivity index (χ4n) is 3.82. The van der Waals surface area contributed by atoms with Crippen molar-refractivity contribution in [3.63, 3.8) is 0 Å². The second kappa shape index (κ2) is 6.83. The molecule has 0 saturated carbocycles. The van der Waals surface area contributed by atoms with Gasteiger partial charge in [-0.05, 0) is 55.5 Å². The number of piperidine rings is 1. The number of carbonyl (C=O) groups is 2. The number of benzene rings is 2. The summed E-state index contributed by atoms with van der Waals surface area (Å²) >= 11 is 0. The average Bonchev–Trinajstić information content (AvgIpc) is 2.67. The van der Waals surface area contributed by atoms with Gasteiger partial charge in [0.15, 0.2) is 0 Å². The van der Waals surface area contributed by atoms with Crippen molar-refractivity contribution in [1.29, 1.82) is 0 Å². The summed E-state index contributed by atoms with van der Waals surface area (Å²) in [5, 5.41) is 5.94. The van der Waals surface area contributed by atoms with E-state index in [9.17, 15) is 9.59 Å². The number of aryl methyl sites for hydroxylation is 1. The lowest BCUT2D eigenvalue weighted by molar-refractivity contribution is -0.118. The van der Waals surface area contributed by atoms with Gasteiger partial charge in [0.1, 0.15) is 6.04 Å². The fourth-order valence-corrected chi connectivity index (χ4v) is 3.82. The Morgan fingerprint density at radius 1 is 1.23 bits per heavy atom. The molecule has 2 amide bonds. The number of hydrogen-bond donors (Lipinski definition) is 2. The van der Waals surface area contributed by atoms with Gasteiger partial charge in [0, 0.05) is 18.7 Å². The van der Waals surface area contributed by atoms with E-state index in [0.717, 1.165) is 48.3 Å². The van der Waals surface area contributed by atoms with Crippen LogP contribution < -0.4 is 15.5 Å². The largest absolute Gasteiger partial charge is 0.358 e. The molecule has 4 rings (SSSR count). The normalized spacial score (nSPS) is 18.6. The maximum atomic E-state index is 12.5. The molecule has 0 bridgehead atoms. The molecule has 2 heterocycles. The quantitative estimate of drug-likeness (QED) is 0.894. The first-order valence-corrected chi connectivity index (χ1v) is 9.18. The highest BCUT2D eigenvalue weighted by Crippen LogP contribution is 2.36. The summed E-state index contributed by atoms with van der Waals surface area (Å²) in [6.07, 6.45) is 3.08. The average molecular weight is 349 g/mol. The molecule has 1 saturated heterocycles. The maximum Gasteiger partial charge on any atom is 0.251 e. The third kappa shape index (κ3) is 3.05. The molecule has 26 heavy (non-hydrogen) atoms. The molecule has 0 aromatic heterocycles. The van der Waals surface area contributed by atoms with Gasteiger partial charge >= 0.3 is 0 Å². The van der Waals surface area contributed by atoms with Crippen molar-refractivity contribution in [1.82, 2.24) is 5.32 Å². The Balaban J connectivity index is 1.52. The lowest BCUT2D eigenvalue weighted by atomic mass is 9.97. The number of hydrogen-bond acceptors (Lipinski definition) is 3. The molecule has 1 atom stereocenters. The number of nitrogens with zero attached hydrogens (tertiary/aromatic N) is 1. The number of amides is 2. The molecule has 5 heteroatoms. The van der Waals surface area contributed by atoms with Crippen LogP contribution in [0.4, 0.5) is 11.4 Å². The Morgan fingerprint density at radius 2 is 2.08 bits per heavy atom. The van der Waals surface area contributed by atoms with Crippen molar-refractivity contribution >= 4 is 23.2 Å². The van der Waals surface area contributed by atoms with Gasteiger partial charge in [-0.25, -0.2) is 0 Å². The van der Waals surface area contributed by atoms with Gasteiger partial charge in [-0.2, -0.15) is 0 Å². The van der Waals surface area contributed by atoms with Crippen molar-refractivity contribution < 1.29 is 9.59 Å². The highest BCUT2D eigenvalue weighted by molar-refractivity contribution is 6.05. The zero-order valence-corrected chi connectivity index (χ0v) is 14.9. The van der Waals surface area contributed by atoms with E-state index >= 15 is 0 Å². The molecule has 0 spiro atoms. The molecule has 1 fully saturated rings. The van der Waals surface area contributed by atoms with Gasteiger partial charge in [0.25, 0.3) is 5.91 Å². The van der Waals surface area contributed by atoms with Crippen LogP contribution in [0.15, 0.2) is 42.5 Å². The van der Waals surface area contributed by atoms with E-state index in [2.05, 4.69) is 15.5 Å². The summed E-state index contributed by atoms with van der Waals surface area (Å²) < 4.78 is 0. The van der Waals surface area contributed by atoms with E-state index in [1.807, 2.05) is 43.3 Å². The number of nitrogens with one attached hydrogen (secondary N) is 2. The Hall–Kier alpha value is -2.82. The summed E-state index contributed by atoms with van der Waals surface area (Å²) in [4.78, 5) is 27.1. The van der Waals surface area contributed by atoms with E-state index in [1.165, 1.54) is 0 Å². The molecule has 2 N–H and O–H groups in total. The fraction of sp³-hybridized carbons (Fsp3) is 0.333. The predicted octanol–water partition coefficient (Wildman–Crippen LogP) is 3.24. The highest BCUT2D eigenvalue weighted by Gasteiger charge is 2.34. The predicted molar refractivity (Wildman–Crippen MR) is 102 cm³/mol. The minimum Gasteiger partial charge on any atom is -0.358 e. The van der Waals surface area contributed by atoms with Gasteiger partial charge in [-0.3, -0.25) is 9.59 Å². The van der Waals surface area contributed by atoms with Crippen LogP contribution in [0.1, 0.15) is 40.7 Å². The van der Waals surface area contributed by atoms with Crippen LogP contribution in [0.3, 0.4) is 0 Å². The third-order valence-electron chi connectivity index (χ3n) is 5.33. The molecule has 1 unspecified atom stereocenters. The summed E-state index contributed by atoms with van der Waals surface area (Å²) in [6.45, 7) is 3.41. The van der Waals surface area contributed by atoms with Crippen LogP contribution in [0.2, 0.25) is 0 Å². The minimum atomic E-state index is -0.133. The minimum absolute atomic E-state index is 0.0367. The number of rotatable bonds is 3. The van der Waals surface area contributed by atoms with E-state index in [1.54, 1.807) is 6.07 Å². The lowest BCUT2D eigenvalue weighted by Gasteiger charge is -2.41. The molecular weight excluding hydrogens is 326 g/mol. The van der Waals surface area contributed by atoms with Crippen molar-refractivity contribution in [3.8, 4) is 0 Å². The molecule has 134 valence electrons. The molecule has 2 aromatic rings. The monoisotopic (exact) mass is 349 g/mol. The SMILES string of the molecule is Cc1ccccc1CNC(=O)c1ccc2c(c1)NC(=O)C1CCCCN21. The van der Waals surface area contributed by atoms with Crippen molar-refractivity contribution in [3.05, 3.63) is 59.2 Å². The van der Waals surface area contributed by atoms with Crippen LogP contribution >= 0.6 is 0 Å². The van der Waals surface area contributed by atoms with Gasteiger partial charge in [-0.15, -0.1) is 0 Å². The Labute approximate surface area is 153 Å². The van der Waals surface area contributed by atoms with E-state index in [-0.39, 0.29) is 17.9 Å². The summed E-state index contributed by atoms with van der Waals surface area (Å²) in [6, 6.07) is 13.5. The van der Waals surface area contributed by atoms with E-state index < -0.39 is 0 Å². The number of fused-ring (bicyclic) bond motifs is 3. The van der Waals surface area contributed by atoms with Crippen LogP contribution in [0.25, 0.3) is 0 Å². The first-order chi connectivity index (χ1) is 12.6. The van der Waals surface area contributed by atoms with Gasteiger partial charge in [0.05, 0.1) is 11.4 Å². The zero-order chi connectivity index (χ0) is 18.1. The lowest BCUT2D eigenvalue weighted by Crippen LogP contribution is -2.50. The molecular formula is C21H23N3O2. The smallest absolute Gasteiger partial charge is 0.251 e. The van der Waals surface area contributed by atoms with Gasteiger partial charge < -0.3 is 15.5 Å². The molecule has 0 radical (unpaired) electrons. The topological polar surface area (TPSA) is 61.4 Å². The Bertz CT molecular complexity index is 862. The Kier molecular flexibility index (Phi) is 4.37. The first-order valence-electron chi connectivity index (χ1n) is 9.18. The summed E-state index contributed by atoms with van der Waals surface area (Å²) in [5.74, 6) is -0.0965. The van der Waals surface area contributed by atoms with Crippen LogP contribution in [0, 0.1) is 6.92 Å². The van der Waals surface area contributed by atoms with E-state index in [4.69, 9.17) is 0 Å². The molecule has 2 aliphatic rings. The van der Waals surface area contributed by atoms with Gasteiger partial charge in [0.2, 0.25) is 5.91 Å². The molecule has 2 aromatic carbocycles. The molecule has 5 nitrogen and oxygen atoms in total. The van der Waals surface area contributed by atoms with Crippen LogP contribution in [-0.4, -0.2) is 24.4 Å². The highest BCUT2D eigenvalue weighted by atomic mass is 16.2. The van der Waals surface area contributed by atoms with Crippen LogP contribution in [0.5, 0.6) is 0 Å².